The van der Waals surface area contributed by atoms with Crippen molar-refractivity contribution < 1.29 is 5.11 Å². The molecular formula is C7H7BrN4OS. The van der Waals surface area contributed by atoms with Gasteiger partial charge in [0.05, 0.1) is 10.4 Å². The molecule has 0 aliphatic heterocycles. The quantitative estimate of drug-likeness (QED) is 0.892. The first-order chi connectivity index (χ1) is 6.70. The number of hydrogen-bond donors (Lipinski definition) is 1. The molecule has 1 unspecified atom stereocenters. The maximum atomic E-state index is 9.97. The van der Waals surface area contributed by atoms with Gasteiger partial charge in [-0.25, -0.2) is 4.68 Å². The number of hydrogen-bond acceptors (Lipinski definition) is 5. The van der Waals surface area contributed by atoms with E-state index in [1.165, 1.54) is 16.0 Å². The van der Waals surface area contributed by atoms with Gasteiger partial charge in [0.1, 0.15) is 11.8 Å². The fourth-order valence-electron chi connectivity index (χ4n) is 1.12. The largest absolute Gasteiger partial charge is 0.381 e. The lowest BCUT2D eigenvalue weighted by Crippen LogP contribution is -2.05. The van der Waals surface area contributed by atoms with Crippen LogP contribution in [-0.2, 0) is 7.05 Å². The molecule has 0 saturated heterocycles. The van der Waals surface area contributed by atoms with E-state index in [9.17, 15) is 5.11 Å². The first kappa shape index (κ1) is 9.75. The van der Waals surface area contributed by atoms with E-state index >= 15 is 0 Å². The van der Waals surface area contributed by atoms with E-state index in [0.29, 0.717) is 10.3 Å². The molecule has 2 aromatic rings. The molecule has 14 heavy (non-hydrogen) atoms. The van der Waals surface area contributed by atoms with Crippen LogP contribution < -0.4 is 0 Å². The van der Waals surface area contributed by atoms with Crippen molar-refractivity contribution in [2.24, 2.45) is 7.05 Å². The number of aliphatic hydroxyl groups is 1. The van der Waals surface area contributed by atoms with Crippen LogP contribution in [0.3, 0.4) is 0 Å². The van der Waals surface area contributed by atoms with Gasteiger partial charge in [-0.15, -0.1) is 16.4 Å². The number of halogens is 1. The summed E-state index contributed by atoms with van der Waals surface area (Å²) in [4.78, 5) is 4.68. The van der Waals surface area contributed by atoms with E-state index in [1.54, 1.807) is 18.8 Å². The Hall–Kier alpha value is -0.790. The van der Waals surface area contributed by atoms with Gasteiger partial charge in [-0.3, -0.25) is 4.98 Å². The molecule has 2 rings (SSSR count). The van der Waals surface area contributed by atoms with Crippen molar-refractivity contribution in [3.8, 4) is 0 Å². The van der Waals surface area contributed by atoms with Gasteiger partial charge in [-0.05, 0) is 15.9 Å². The van der Waals surface area contributed by atoms with Gasteiger partial charge in [0.2, 0.25) is 0 Å². The highest BCUT2D eigenvalue weighted by molar-refractivity contribution is 9.10. The van der Waals surface area contributed by atoms with E-state index in [4.69, 9.17) is 0 Å². The molecule has 7 heteroatoms. The standard InChI is InChI=1S/C7H7BrN4OS/c1-12-5(7(8)10-11-12)6(13)4-2-9-3-14-4/h2-3,6,13H,1H3. The Labute approximate surface area is 92.5 Å². The number of thiazole rings is 1. The van der Waals surface area contributed by atoms with Crippen molar-refractivity contribution in [2.45, 2.75) is 6.10 Å². The first-order valence-electron chi connectivity index (χ1n) is 3.81. The second-order valence-electron chi connectivity index (χ2n) is 2.70. The zero-order valence-electron chi connectivity index (χ0n) is 7.25. The van der Waals surface area contributed by atoms with E-state index in [2.05, 4.69) is 31.2 Å². The molecular weight excluding hydrogens is 268 g/mol. The van der Waals surface area contributed by atoms with Crippen LogP contribution in [0, 0.1) is 0 Å². The van der Waals surface area contributed by atoms with Crippen LogP contribution in [0.1, 0.15) is 16.7 Å². The van der Waals surface area contributed by atoms with Crippen molar-refractivity contribution in [1.29, 1.82) is 0 Å². The molecule has 0 saturated carbocycles. The van der Waals surface area contributed by atoms with E-state index < -0.39 is 6.10 Å². The summed E-state index contributed by atoms with van der Waals surface area (Å²) in [5.74, 6) is 0. The summed E-state index contributed by atoms with van der Waals surface area (Å²) in [6.07, 6.45) is 0.909. The zero-order valence-corrected chi connectivity index (χ0v) is 9.66. The lowest BCUT2D eigenvalue weighted by molar-refractivity contribution is 0.212. The van der Waals surface area contributed by atoms with Gasteiger partial charge < -0.3 is 5.11 Å². The fraction of sp³-hybridized carbons (Fsp3) is 0.286. The predicted octanol–water partition coefficient (Wildman–Crippen LogP) is 1.12. The molecule has 0 fully saturated rings. The van der Waals surface area contributed by atoms with Gasteiger partial charge in [-0.1, -0.05) is 5.21 Å². The average molecular weight is 275 g/mol. The summed E-state index contributed by atoms with van der Waals surface area (Å²) in [7, 11) is 1.73. The minimum atomic E-state index is -0.725. The second kappa shape index (κ2) is 3.76. The Morgan fingerprint density at radius 1 is 1.64 bits per heavy atom. The Balaban J connectivity index is 2.41. The third-order valence-corrected chi connectivity index (χ3v) is 3.20. The summed E-state index contributed by atoms with van der Waals surface area (Å²) in [6, 6.07) is 0. The minimum absolute atomic E-state index is 0.556. The second-order valence-corrected chi connectivity index (χ2v) is 4.36. The molecule has 2 aromatic heterocycles. The SMILES string of the molecule is Cn1nnc(Br)c1C(O)c1cncs1. The van der Waals surface area contributed by atoms with E-state index in [1.807, 2.05) is 0 Å². The Bertz CT molecular complexity index is 407. The number of rotatable bonds is 2. The predicted molar refractivity (Wildman–Crippen MR) is 54.9 cm³/mol. The van der Waals surface area contributed by atoms with Crippen molar-refractivity contribution in [2.75, 3.05) is 0 Å². The first-order valence-corrected chi connectivity index (χ1v) is 5.49. The van der Waals surface area contributed by atoms with Crippen LogP contribution in [-0.4, -0.2) is 25.1 Å². The Morgan fingerprint density at radius 3 is 2.93 bits per heavy atom. The molecule has 1 atom stereocenters. The van der Waals surface area contributed by atoms with Gasteiger partial charge in [0.25, 0.3) is 0 Å². The van der Waals surface area contributed by atoms with Crippen molar-refractivity contribution >= 4 is 27.3 Å². The lowest BCUT2D eigenvalue weighted by Gasteiger charge is -2.07. The van der Waals surface area contributed by atoms with Crippen molar-refractivity contribution in [3.05, 3.63) is 26.9 Å². The molecule has 74 valence electrons. The molecule has 0 aliphatic rings. The monoisotopic (exact) mass is 274 g/mol. The molecule has 0 bridgehead atoms. The fourth-order valence-corrected chi connectivity index (χ4v) is 2.27. The number of aromatic nitrogens is 4. The highest BCUT2D eigenvalue weighted by Crippen LogP contribution is 2.28. The topological polar surface area (TPSA) is 63.8 Å². The zero-order chi connectivity index (χ0) is 10.1. The van der Waals surface area contributed by atoms with Crippen LogP contribution in [0.5, 0.6) is 0 Å². The van der Waals surface area contributed by atoms with Crippen LogP contribution in [0.15, 0.2) is 16.3 Å². The van der Waals surface area contributed by atoms with Gasteiger partial charge in [0, 0.05) is 13.2 Å². The average Bonchev–Trinajstić information content (AvgIpc) is 2.75. The Morgan fingerprint density at radius 2 is 2.43 bits per heavy atom. The maximum absolute atomic E-state index is 9.97. The summed E-state index contributed by atoms with van der Waals surface area (Å²) in [5.41, 5.74) is 2.31. The number of aliphatic hydroxyl groups excluding tert-OH is 1. The van der Waals surface area contributed by atoms with Crippen molar-refractivity contribution in [1.82, 2.24) is 20.0 Å². The van der Waals surface area contributed by atoms with Gasteiger partial charge in [0.15, 0.2) is 4.60 Å². The summed E-state index contributed by atoms with van der Waals surface area (Å²) in [6.45, 7) is 0. The number of aryl methyl sites for hydroxylation is 1. The molecule has 0 aromatic carbocycles. The lowest BCUT2D eigenvalue weighted by atomic mass is 10.2. The molecule has 2 heterocycles. The molecule has 1 N–H and O–H groups in total. The van der Waals surface area contributed by atoms with Crippen LogP contribution in [0.4, 0.5) is 0 Å². The van der Waals surface area contributed by atoms with Crippen LogP contribution in [0.25, 0.3) is 0 Å². The molecule has 0 radical (unpaired) electrons. The molecule has 0 amide bonds. The smallest absolute Gasteiger partial charge is 0.154 e. The van der Waals surface area contributed by atoms with Crippen LogP contribution >= 0.6 is 27.3 Å². The van der Waals surface area contributed by atoms with Crippen molar-refractivity contribution in [3.63, 3.8) is 0 Å². The van der Waals surface area contributed by atoms with Crippen LogP contribution in [0.2, 0.25) is 0 Å². The van der Waals surface area contributed by atoms with Gasteiger partial charge >= 0.3 is 0 Å². The minimum Gasteiger partial charge on any atom is -0.381 e. The molecule has 5 nitrogen and oxygen atoms in total. The molecule has 0 aliphatic carbocycles. The van der Waals surface area contributed by atoms with E-state index in [0.717, 1.165) is 4.88 Å². The highest BCUT2D eigenvalue weighted by atomic mass is 79.9. The summed E-state index contributed by atoms with van der Waals surface area (Å²) >= 11 is 4.63. The summed E-state index contributed by atoms with van der Waals surface area (Å²) < 4.78 is 2.09. The highest BCUT2D eigenvalue weighted by Gasteiger charge is 2.20. The Kier molecular flexibility index (Phi) is 2.62. The van der Waals surface area contributed by atoms with E-state index in [-0.39, 0.29) is 0 Å². The summed E-state index contributed by atoms with van der Waals surface area (Å²) in [5, 5.41) is 17.6. The third kappa shape index (κ3) is 1.58. The van der Waals surface area contributed by atoms with Gasteiger partial charge in [-0.2, -0.15) is 0 Å². The third-order valence-electron chi connectivity index (χ3n) is 1.81. The molecule has 0 spiro atoms. The number of nitrogens with zero attached hydrogens (tertiary/aromatic N) is 4. The normalized spacial score (nSPS) is 13.1. The maximum Gasteiger partial charge on any atom is 0.154 e.